The van der Waals surface area contributed by atoms with E-state index in [0.29, 0.717) is 10.8 Å². The first-order valence-corrected chi connectivity index (χ1v) is 7.24. The third kappa shape index (κ3) is 4.33. The SMILES string of the molecule is CCc1ccccc1N=Cc1ccc(OCC(=O)O)c(Cl)c1. The first-order chi connectivity index (χ1) is 10.6. The van der Waals surface area contributed by atoms with Gasteiger partial charge in [0.25, 0.3) is 0 Å². The van der Waals surface area contributed by atoms with Gasteiger partial charge >= 0.3 is 5.97 Å². The normalized spacial score (nSPS) is 10.8. The fourth-order valence-electron chi connectivity index (χ4n) is 1.93. The van der Waals surface area contributed by atoms with Crippen LogP contribution >= 0.6 is 11.6 Å². The second kappa shape index (κ2) is 7.61. The molecule has 0 unspecified atom stereocenters. The van der Waals surface area contributed by atoms with E-state index in [2.05, 4.69) is 11.9 Å². The highest BCUT2D eigenvalue weighted by atomic mass is 35.5. The molecule has 22 heavy (non-hydrogen) atoms. The minimum Gasteiger partial charge on any atom is -0.480 e. The van der Waals surface area contributed by atoms with Gasteiger partial charge in [-0.15, -0.1) is 0 Å². The van der Waals surface area contributed by atoms with E-state index in [1.807, 2.05) is 24.3 Å². The second-order valence-corrected chi connectivity index (χ2v) is 5.02. The third-order valence-electron chi connectivity index (χ3n) is 3.03. The van der Waals surface area contributed by atoms with Crippen molar-refractivity contribution in [1.82, 2.24) is 0 Å². The summed E-state index contributed by atoms with van der Waals surface area (Å²) < 4.78 is 5.08. The fourth-order valence-corrected chi connectivity index (χ4v) is 2.18. The van der Waals surface area contributed by atoms with Crippen LogP contribution < -0.4 is 4.74 Å². The molecule has 2 rings (SSSR count). The summed E-state index contributed by atoms with van der Waals surface area (Å²) in [6.07, 6.45) is 2.64. The molecule has 2 aromatic rings. The van der Waals surface area contributed by atoms with E-state index in [0.717, 1.165) is 17.7 Å². The number of halogens is 1. The Morgan fingerprint density at radius 3 is 2.77 bits per heavy atom. The number of carboxylic acid groups (broad SMARTS) is 1. The van der Waals surface area contributed by atoms with Crippen molar-refractivity contribution < 1.29 is 14.6 Å². The molecule has 0 bridgehead atoms. The second-order valence-electron chi connectivity index (χ2n) is 4.61. The molecule has 0 saturated carbocycles. The van der Waals surface area contributed by atoms with E-state index in [1.165, 1.54) is 5.56 Å². The number of aryl methyl sites for hydroxylation is 1. The molecule has 0 radical (unpaired) electrons. The molecule has 5 heteroatoms. The Morgan fingerprint density at radius 1 is 1.32 bits per heavy atom. The number of hydrogen-bond acceptors (Lipinski definition) is 3. The van der Waals surface area contributed by atoms with Crippen LogP contribution in [0.3, 0.4) is 0 Å². The molecule has 0 spiro atoms. The smallest absolute Gasteiger partial charge is 0.341 e. The average molecular weight is 318 g/mol. The van der Waals surface area contributed by atoms with E-state index in [9.17, 15) is 4.79 Å². The Labute approximate surface area is 134 Å². The highest BCUT2D eigenvalue weighted by molar-refractivity contribution is 6.32. The predicted octanol–water partition coefficient (Wildman–Crippen LogP) is 4.12. The number of nitrogens with zero attached hydrogens (tertiary/aromatic N) is 1. The third-order valence-corrected chi connectivity index (χ3v) is 3.33. The maximum absolute atomic E-state index is 10.5. The summed E-state index contributed by atoms with van der Waals surface area (Å²) in [5.74, 6) is -0.701. The Hall–Kier alpha value is -2.33. The zero-order valence-corrected chi connectivity index (χ0v) is 12.9. The largest absolute Gasteiger partial charge is 0.480 e. The van der Waals surface area contributed by atoms with Crippen LogP contribution in [-0.2, 0) is 11.2 Å². The number of ether oxygens (including phenoxy) is 1. The van der Waals surface area contributed by atoms with E-state index in [1.54, 1.807) is 24.4 Å². The topological polar surface area (TPSA) is 58.9 Å². The van der Waals surface area contributed by atoms with Gasteiger partial charge in [-0.25, -0.2) is 4.79 Å². The minimum absolute atomic E-state index is 0.343. The predicted molar refractivity (Wildman–Crippen MR) is 87.7 cm³/mol. The van der Waals surface area contributed by atoms with Crippen molar-refractivity contribution in [3.05, 3.63) is 58.6 Å². The van der Waals surface area contributed by atoms with Crippen molar-refractivity contribution in [3.63, 3.8) is 0 Å². The molecule has 2 aromatic carbocycles. The number of aliphatic carboxylic acids is 1. The highest BCUT2D eigenvalue weighted by Gasteiger charge is 2.05. The number of benzene rings is 2. The molecular formula is C17H16ClNO3. The summed E-state index contributed by atoms with van der Waals surface area (Å²) in [5, 5.41) is 8.95. The maximum atomic E-state index is 10.5. The zero-order chi connectivity index (χ0) is 15.9. The Kier molecular flexibility index (Phi) is 5.55. The number of hydrogen-bond donors (Lipinski definition) is 1. The number of carboxylic acids is 1. The van der Waals surface area contributed by atoms with Gasteiger partial charge in [0.1, 0.15) is 5.75 Å². The molecule has 0 amide bonds. The summed E-state index contributed by atoms with van der Waals surface area (Å²) in [6, 6.07) is 13.0. The van der Waals surface area contributed by atoms with Gasteiger partial charge in [0.15, 0.2) is 6.61 Å². The summed E-state index contributed by atoms with van der Waals surface area (Å²) >= 11 is 6.07. The van der Waals surface area contributed by atoms with Crippen LogP contribution in [0.4, 0.5) is 5.69 Å². The van der Waals surface area contributed by atoms with E-state index in [-0.39, 0.29) is 0 Å². The molecule has 0 fully saturated rings. The standard InChI is InChI=1S/C17H16ClNO3/c1-2-13-5-3-4-6-15(13)19-10-12-7-8-16(14(18)9-12)22-11-17(20)21/h3-10H,2,11H2,1H3,(H,20,21). The summed E-state index contributed by atoms with van der Waals surface area (Å²) in [5.41, 5.74) is 2.91. The molecule has 4 nitrogen and oxygen atoms in total. The monoisotopic (exact) mass is 317 g/mol. The molecule has 0 saturated heterocycles. The highest BCUT2D eigenvalue weighted by Crippen LogP contribution is 2.25. The molecule has 0 aliphatic carbocycles. The summed E-state index contributed by atoms with van der Waals surface area (Å²) in [6.45, 7) is 1.66. The molecule has 0 aliphatic heterocycles. The number of aliphatic imine (C=N–C) groups is 1. The lowest BCUT2D eigenvalue weighted by Crippen LogP contribution is -2.09. The Balaban J connectivity index is 2.15. The van der Waals surface area contributed by atoms with Gasteiger partial charge in [-0.2, -0.15) is 0 Å². The summed E-state index contributed by atoms with van der Waals surface area (Å²) in [7, 11) is 0. The van der Waals surface area contributed by atoms with Crippen LogP contribution in [0.1, 0.15) is 18.1 Å². The first kappa shape index (κ1) is 16.0. The first-order valence-electron chi connectivity index (χ1n) is 6.86. The van der Waals surface area contributed by atoms with Crippen LogP contribution in [0, 0.1) is 0 Å². The number of carbonyl (C=O) groups is 1. The lowest BCUT2D eigenvalue weighted by atomic mass is 10.1. The average Bonchev–Trinajstić information content (AvgIpc) is 2.52. The molecule has 114 valence electrons. The van der Waals surface area contributed by atoms with Crippen molar-refractivity contribution >= 4 is 29.5 Å². The van der Waals surface area contributed by atoms with Crippen LogP contribution in [0.5, 0.6) is 5.75 Å². The van der Waals surface area contributed by atoms with Crippen molar-refractivity contribution in [1.29, 1.82) is 0 Å². The van der Waals surface area contributed by atoms with Crippen LogP contribution in [-0.4, -0.2) is 23.9 Å². The van der Waals surface area contributed by atoms with Crippen LogP contribution in [0.15, 0.2) is 47.5 Å². The Bertz CT molecular complexity index is 698. The molecule has 1 N–H and O–H groups in total. The fraction of sp³-hybridized carbons (Fsp3) is 0.176. The minimum atomic E-state index is -1.04. The van der Waals surface area contributed by atoms with Gasteiger partial charge in [-0.3, -0.25) is 4.99 Å². The maximum Gasteiger partial charge on any atom is 0.341 e. The van der Waals surface area contributed by atoms with E-state index in [4.69, 9.17) is 21.4 Å². The number of rotatable bonds is 6. The van der Waals surface area contributed by atoms with E-state index >= 15 is 0 Å². The van der Waals surface area contributed by atoms with Crippen molar-refractivity contribution in [3.8, 4) is 5.75 Å². The molecular weight excluding hydrogens is 302 g/mol. The van der Waals surface area contributed by atoms with Gasteiger partial charge < -0.3 is 9.84 Å². The van der Waals surface area contributed by atoms with Crippen molar-refractivity contribution in [2.75, 3.05) is 6.61 Å². The quantitative estimate of drug-likeness (QED) is 0.815. The molecule has 0 aliphatic rings. The van der Waals surface area contributed by atoms with Crippen molar-refractivity contribution in [2.24, 2.45) is 4.99 Å². The van der Waals surface area contributed by atoms with Crippen molar-refractivity contribution in [2.45, 2.75) is 13.3 Å². The molecule has 0 aromatic heterocycles. The number of para-hydroxylation sites is 1. The van der Waals surface area contributed by atoms with Gasteiger partial charge in [0.05, 0.1) is 10.7 Å². The summed E-state index contributed by atoms with van der Waals surface area (Å²) in [4.78, 5) is 15.0. The van der Waals surface area contributed by atoms with Gasteiger partial charge in [0, 0.05) is 6.21 Å². The van der Waals surface area contributed by atoms with Gasteiger partial charge in [-0.05, 0) is 41.8 Å². The molecule has 0 atom stereocenters. The molecule has 0 heterocycles. The van der Waals surface area contributed by atoms with Gasteiger partial charge in [0.2, 0.25) is 0 Å². The lowest BCUT2D eigenvalue weighted by Gasteiger charge is -2.06. The van der Waals surface area contributed by atoms with Crippen LogP contribution in [0.2, 0.25) is 5.02 Å². The zero-order valence-electron chi connectivity index (χ0n) is 12.1. The van der Waals surface area contributed by atoms with E-state index < -0.39 is 12.6 Å². The lowest BCUT2D eigenvalue weighted by molar-refractivity contribution is -0.139. The van der Waals surface area contributed by atoms with Crippen LogP contribution in [0.25, 0.3) is 0 Å². The Morgan fingerprint density at radius 2 is 2.09 bits per heavy atom. The van der Waals surface area contributed by atoms with Gasteiger partial charge in [-0.1, -0.05) is 36.7 Å².